The summed E-state index contributed by atoms with van der Waals surface area (Å²) in [5.41, 5.74) is 11.1. The molecule has 0 fully saturated rings. The third-order valence-corrected chi connectivity index (χ3v) is 3.94. The van der Waals surface area contributed by atoms with Crippen LogP contribution in [0.1, 0.15) is 41.8 Å². The van der Waals surface area contributed by atoms with E-state index in [1.54, 1.807) is 0 Å². The minimum absolute atomic E-state index is 0.150. The van der Waals surface area contributed by atoms with Crippen molar-refractivity contribution < 1.29 is 0 Å². The maximum atomic E-state index is 6.47. The zero-order valence-electron chi connectivity index (χ0n) is 11.7. The lowest BCUT2D eigenvalue weighted by atomic mass is 9.97. The number of hydrogen-bond acceptors (Lipinski definition) is 2. The van der Waals surface area contributed by atoms with Crippen molar-refractivity contribution in [3.8, 4) is 0 Å². The molecule has 1 aromatic carbocycles. The Hall–Kier alpha value is -1.13. The van der Waals surface area contributed by atoms with Gasteiger partial charge in [-0.05, 0) is 47.3 Å². The highest BCUT2D eigenvalue weighted by molar-refractivity contribution is 9.10. The number of halogens is 1. The number of nitrogens with two attached hydrogens (primary N) is 1. The molecular formula is C15H20BrN3. The van der Waals surface area contributed by atoms with Gasteiger partial charge in [-0.1, -0.05) is 30.7 Å². The van der Waals surface area contributed by atoms with Gasteiger partial charge in [0.15, 0.2) is 0 Å². The van der Waals surface area contributed by atoms with Gasteiger partial charge in [-0.2, -0.15) is 5.10 Å². The quantitative estimate of drug-likeness (QED) is 0.932. The van der Waals surface area contributed by atoms with E-state index in [-0.39, 0.29) is 6.04 Å². The van der Waals surface area contributed by atoms with E-state index in [1.165, 1.54) is 16.7 Å². The molecule has 3 nitrogen and oxygen atoms in total. The normalized spacial score (nSPS) is 12.7. The molecule has 0 aliphatic carbocycles. The summed E-state index contributed by atoms with van der Waals surface area (Å²) in [4.78, 5) is 0. The Morgan fingerprint density at radius 1 is 1.37 bits per heavy atom. The van der Waals surface area contributed by atoms with E-state index in [2.05, 4.69) is 60.0 Å². The highest BCUT2D eigenvalue weighted by atomic mass is 79.9. The van der Waals surface area contributed by atoms with Gasteiger partial charge in [0.05, 0.1) is 22.4 Å². The van der Waals surface area contributed by atoms with Crippen molar-refractivity contribution in [3.63, 3.8) is 0 Å². The Morgan fingerprint density at radius 2 is 2.11 bits per heavy atom. The molecule has 1 heterocycles. The number of aromatic nitrogens is 2. The van der Waals surface area contributed by atoms with Crippen LogP contribution in [0.4, 0.5) is 0 Å². The lowest BCUT2D eigenvalue weighted by Crippen LogP contribution is -2.19. The van der Waals surface area contributed by atoms with Gasteiger partial charge in [-0.15, -0.1) is 0 Å². The first-order chi connectivity index (χ1) is 9.04. The van der Waals surface area contributed by atoms with E-state index in [9.17, 15) is 0 Å². The fraction of sp³-hybridized carbons (Fsp3) is 0.400. The van der Waals surface area contributed by atoms with E-state index in [4.69, 9.17) is 5.73 Å². The zero-order valence-corrected chi connectivity index (χ0v) is 13.2. The van der Waals surface area contributed by atoms with Crippen LogP contribution in [0.15, 0.2) is 28.9 Å². The number of aryl methyl sites for hydroxylation is 3. The molecule has 0 saturated heterocycles. The molecular weight excluding hydrogens is 302 g/mol. The van der Waals surface area contributed by atoms with Gasteiger partial charge in [0, 0.05) is 6.54 Å². The van der Waals surface area contributed by atoms with Gasteiger partial charge in [0.25, 0.3) is 0 Å². The third kappa shape index (κ3) is 2.90. The van der Waals surface area contributed by atoms with Gasteiger partial charge < -0.3 is 5.73 Å². The van der Waals surface area contributed by atoms with Crippen molar-refractivity contribution in [3.05, 3.63) is 51.3 Å². The van der Waals surface area contributed by atoms with Crippen LogP contribution in [0.5, 0.6) is 0 Å². The molecule has 2 N–H and O–H groups in total. The summed E-state index contributed by atoms with van der Waals surface area (Å²) in [6.07, 6.45) is 2.87. The SMILES string of the molecule is CCCn1ncc(Br)c1C(N)c1cc(C)ccc1C. The van der Waals surface area contributed by atoms with Crippen molar-refractivity contribution in [2.75, 3.05) is 0 Å². The average Bonchev–Trinajstić information content (AvgIpc) is 2.73. The van der Waals surface area contributed by atoms with Crippen LogP contribution >= 0.6 is 15.9 Å². The number of nitrogens with zero attached hydrogens (tertiary/aromatic N) is 2. The van der Waals surface area contributed by atoms with E-state index < -0.39 is 0 Å². The van der Waals surface area contributed by atoms with Gasteiger partial charge in [-0.3, -0.25) is 4.68 Å². The summed E-state index contributed by atoms with van der Waals surface area (Å²) in [5, 5.41) is 4.39. The number of rotatable bonds is 4. The van der Waals surface area contributed by atoms with E-state index >= 15 is 0 Å². The van der Waals surface area contributed by atoms with E-state index in [1.807, 2.05) is 10.9 Å². The second kappa shape index (κ2) is 5.88. The van der Waals surface area contributed by atoms with Crippen LogP contribution < -0.4 is 5.73 Å². The van der Waals surface area contributed by atoms with Crippen molar-refractivity contribution in [2.45, 2.75) is 39.8 Å². The number of hydrogen-bond donors (Lipinski definition) is 1. The summed E-state index contributed by atoms with van der Waals surface area (Å²) < 4.78 is 2.98. The Kier molecular flexibility index (Phi) is 4.42. The molecule has 2 rings (SSSR count). The number of benzene rings is 1. The molecule has 2 aromatic rings. The van der Waals surface area contributed by atoms with Crippen LogP contribution in [0, 0.1) is 13.8 Å². The Balaban J connectivity index is 2.46. The summed E-state index contributed by atoms with van der Waals surface area (Å²) in [5.74, 6) is 0. The summed E-state index contributed by atoms with van der Waals surface area (Å²) in [7, 11) is 0. The van der Waals surface area contributed by atoms with Crippen molar-refractivity contribution in [2.24, 2.45) is 5.73 Å². The van der Waals surface area contributed by atoms with Crippen LogP contribution in [0.3, 0.4) is 0 Å². The van der Waals surface area contributed by atoms with Gasteiger partial charge in [-0.25, -0.2) is 0 Å². The molecule has 19 heavy (non-hydrogen) atoms. The fourth-order valence-electron chi connectivity index (χ4n) is 2.31. The lowest BCUT2D eigenvalue weighted by Gasteiger charge is -2.18. The largest absolute Gasteiger partial charge is 0.319 e. The van der Waals surface area contributed by atoms with Gasteiger partial charge >= 0.3 is 0 Å². The minimum Gasteiger partial charge on any atom is -0.319 e. The molecule has 0 amide bonds. The first kappa shape index (κ1) is 14.3. The smallest absolute Gasteiger partial charge is 0.0739 e. The van der Waals surface area contributed by atoms with Crippen LogP contribution in [0.2, 0.25) is 0 Å². The second-order valence-corrected chi connectivity index (χ2v) is 5.79. The Bertz CT molecular complexity index is 575. The topological polar surface area (TPSA) is 43.8 Å². The van der Waals surface area contributed by atoms with E-state index in [0.29, 0.717) is 0 Å². The molecule has 0 aliphatic heterocycles. The molecule has 0 bridgehead atoms. The van der Waals surface area contributed by atoms with Gasteiger partial charge in [0.1, 0.15) is 0 Å². The first-order valence-corrected chi connectivity index (χ1v) is 7.37. The molecule has 0 radical (unpaired) electrons. The molecule has 0 aliphatic rings. The summed E-state index contributed by atoms with van der Waals surface area (Å²) >= 11 is 3.56. The van der Waals surface area contributed by atoms with Crippen LogP contribution in [-0.2, 0) is 6.54 Å². The molecule has 102 valence electrons. The van der Waals surface area contributed by atoms with Crippen molar-refractivity contribution in [1.29, 1.82) is 0 Å². The zero-order chi connectivity index (χ0) is 14.0. The van der Waals surface area contributed by atoms with Crippen LogP contribution in [-0.4, -0.2) is 9.78 Å². The monoisotopic (exact) mass is 321 g/mol. The second-order valence-electron chi connectivity index (χ2n) is 4.94. The van der Waals surface area contributed by atoms with Crippen molar-refractivity contribution in [1.82, 2.24) is 9.78 Å². The van der Waals surface area contributed by atoms with Crippen LogP contribution in [0.25, 0.3) is 0 Å². The lowest BCUT2D eigenvalue weighted by molar-refractivity contribution is 0.558. The summed E-state index contributed by atoms with van der Waals surface area (Å²) in [6.45, 7) is 7.22. The Morgan fingerprint density at radius 3 is 2.79 bits per heavy atom. The molecule has 1 unspecified atom stereocenters. The standard InChI is InChI=1S/C15H20BrN3/c1-4-7-19-15(13(16)9-18-19)14(17)12-8-10(2)5-6-11(12)3/h5-6,8-9,14H,4,7,17H2,1-3H3. The fourth-order valence-corrected chi connectivity index (χ4v) is 2.86. The van der Waals surface area contributed by atoms with Crippen molar-refractivity contribution >= 4 is 15.9 Å². The maximum absolute atomic E-state index is 6.47. The Labute approximate surface area is 122 Å². The summed E-state index contributed by atoms with van der Waals surface area (Å²) in [6, 6.07) is 6.25. The third-order valence-electron chi connectivity index (χ3n) is 3.33. The maximum Gasteiger partial charge on any atom is 0.0739 e. The minimum atomic E-state index is -0.150. The molecule has 0 spiro atoms. The first-order valence-electron chi connectivity index (χ1n) is 6.58. The highest BCUT2D eigenvalue weighted by Crippen LogP contribution is 2.29. The van der Waals surface area contributed by atoms with Gasteiger partial charge in [0.2, 0.25) is 0 Å². The predicted molar refractivity (Wildman–Crippen MR) is 82.2 cm³/mol. The molecule has 0 saturated carbocycles. The molecule has 1 aromatic heterocycles. The molecule has 1 atom stereocenters. The average molecular weight is 322 g/mol. The highest BCUT2D eigenvalue weighted by Gasteiger charge is 2.19. The molecule has 4 heteroatoms. The predicted octanol–water partition coefficient (Wildman–Crippen LogP) is 3.72. The van der Waals surface area contributed by atoms with E-state index in [0.717, 1.165) is 23.1 Å².